The Morgan fingerprint density at radius 2 is 1.30 bits per heavy atom. The lowest BCUT2D eigenvalue weighted by atomic mass is 9.77. The zero-order valence-corrected chi connectivity index (χ0v) is 31.8. The topological polar surface area (TPSA) is 121 Å². The Hall–Kier alpha value is -5.42. The van der Waals surface area contributed by atoms with Gasteiger partial charge in [0.15, 0.2) is 15.7 Å². The van der Waals surface area contributed by atoms with Crippen molar-refractivity contribution in [1.29, 1.82) is 4.78 Å². The molecule has 0 spiro atoms. The standard InChI is InChI=1S/C43H46N6O4S/c1-42(2,3)53-41(51)47-26-15-27-48-39(47)37(29-45-48)54(44,52)49(40(50)46-38-35-24-13-16-30(35)28-31-17-14-25-36(31)38)43(32-18-7-4-8-19-32,33-20-9-5-10-21-33)34-22-11-6-12-23-34/h4-12,18-23,28-29,44H,13-17,24-27H2,1-3H3,(H,46,50). The Bertz CT molecular complexity index is 2190. The van der Waals surface area contributed by atoms with Crippen molar-refractivity contribution in [3.63, 3.8) is 0 Å². The van der Waals surface area contributed by atoms with Crippen molar-refractivity contribution in [2.45, 2.75) is 88.3 Å². The highest BCUT2D eigenvalue weighted by molar-refractivity contribution is 7.91. The summed E-state index contributed by atoms with van der Waals surface area (Å²) >= 11 is 0. The summed E-state index contributed by atoms with van der Waals surface area (Å²) in [4.78, 5) is 30.9. The summed E-state index contributed by atoms with van der Waals surface area (Å²) in [7, 11) is -4.37. The van der Waals surface area contributed by atoms with Crippen LogP contribution in [0.25, 0.3) is 0 Å². The van der Waals surface area contributed by atoms with Gasteiger partial charge in [0.05, 0.1) is 6.20 Å². The molecule has 3 aliphatic rings. The molecule has 1 atom stereocenters. The number of rotatable bonds is 7. The van der Waals surface area contributed by atoms with Crippen LogP contribution in [0.1, 0.15) is 79.0 Å². The van der Waals surface area contributed by atoms with Crippen molar-refractivity contribution >= 4 is 33.5 Å². The Morgan fingerprint density at radius 3 is 1.80 bits per heavy atom. The number of urea groups is 1. The second-order valence-corrected chi connectivity index (χ2v) is 17.2. The Kier molecular flexibility index (Phi) is 9.08. The average Bonchev–Trinajstić information content (AvgIpc) is 3.94. The zero-order chi connectivity index (χ0) is 37.7. The van der Waals surface area contributed by atoms with Crippen molar-refractivity contribution in [3.05, 3.63) is 142 Å². The molecule has 0 bridgehead atoms. The minimum absolute atomic E-state index is 0.0427. The van der Waals surface area contributed by atoms with Crippen LogP contribution in [-0.4, -0.2) is 42.6 Å². The number of aromatic nitrogens is 2. The highest BCUT2D eigenvalue weighted by atomic mass is 32.2. The maximum atomic E-state index is 16.2. The second-order valence-electron chi connectivity index (χ2n) is 15.3. The lowest BCUT2D eigenvalue weighted by Gasteiger charge is -2.45. The summed E-state index contributed by atoms with van der Waals surface area (Å²) in [6.07, 6.45) is 6.86. The second kappa shape index (κ2) is 13.8. The fraction of sp³-hybridized carbons (Fsp3) is 0.326. The predicted molar refractivity (Wildman–Crippen MR) is 210 cm³/mol. The van der Waals surface area contributed by atoms with E-state index in [2.05, 4.69) is 16.5 Å². The molecular weight excluding hydrogens is 697 g/mol. The number of hydrogen-bond donors (Lipinski definition) is 2. The molecule has 1 aromatic heterocycles. The first-order valence-electron chi connectivity index (χ1n) is 18.8. The van der Waals surface area contributed by atoms with E-state index in [-0.39, 0.29) is 17.3 Å². The van der Waals surface area contributed by atoms with E-state index in [0.29, 0.717) is 29.7 Å². The Balaban J connectivity index is 1.41. The summed E-state index contributed by atoms with van der Waals surface area (Å²) in [5.74, 6) is 0.192. The molecule has 54 heavy (non-hydrogen) atoms. The first-order chi connectivity index (χ1) is 26.0. The number of ether oxygens (including phenoxy) is 1. The first-order valence-corrected chi connectivity index (χ1v) is 20.3. The number of benzene rings is 4. The molecule has 2 N–H and O–H groups in total. The monoisotopic (exact) mass is 742 g/mol. The molecule has 0 saturated heterocycles. The van der Waals surface area contributed by atoms with Gasteiger partial charge in [-0.05, 0) is 105 Å². The number of nitrogens with one attached hydrogen (secondary N) is 2. The third-order valence-electron chi connectivity index (χ3n) is 10.7. The number of hydrogen-bond acceptors (Lipinski definition) is 6. The predicted octanol–water partition coefficient (Wildman–Crippen LogP) is 8.85. The largest absolute Gasteiger partial charge is 0.443 e. The normalized spacial score (nSPS) is 16.2. The van der Waals surface area contributed by atoms with Gasteiger partial charge >= 0.3 is 12.1 Å². The number of carbonyl (C=O) groups excluding carboxylic acids is 2. The van der Waals surface area contributed by atoms with E-state index in [9.17, 15) is 9.57 Å². The lowest BCUT2D eigenvalue weighted by Crippen LogP contribution is -2.55. The quantitative estimate of drug-likeness (QED) is 0.162. The van der Waals surface area contributed by atoms with Crippen molar-refractivity contribution in [1.82, 2.24) is 14.1 Å². The van der Waals surface area contributed by atoms with Gasteiger partial charge in [-0.3, -0.25) is 4.90 Å². The summed E-state index contributed by atoms with van der Waals surface area (Å²) in [5, 5.41) is 7.91. The molecule has 8 rings (SSSR count). The van der Waals surface area contributed by atoms with Crippen LogP contribution in [-0.2, 0) is 52.4 Å². The highest BCUT2D eigenvalue weighted by Crippen LogP contribution is 2.48. The Morgan fingerprint density at radius 1 is 0.778 bits per heavy atom. The number of anilines is 2. The minimum Gasteiger partial charge on any atom is -0.443 e. The molecule has 0 radical (unpaired) electrons. The number of amides is 3. The van der Waals surface area contributed by atoms with Crippen LogP contribution >= 0.6 is 0 Å². The molecule has 11 heteroatoms. The molecule has 2 heterocycles. The van der Waals surface area contributed by atoms with E-state index in [4.69, 9.17) is 4.74 Å². The zero-order valence-electron chi connectivity index (χ0n) is 31.0. The van der Waals surface area contributed by atoms with Gasteiger partial charge in [0.2, 0.25) is 0 Å². The fourth-order valence-corrected chi connectivity index (χ4v) is 10.4. The first kappa shape index (κ1) is 35.6. The van der Waals surface area contributed by atoms with Gasteiger partial charge in [0.25, 0.3) is 0 Å². The molecular formula is C43H46N6O4S. The Labute approximate surface area is 317 Å². The van der Waals surface area contributed by atoms with Crippen molar-refractivity contribution in [2.24, 2.45) is 0 Å². The van der Waals surface area contributed by atoms with E-state index < -0.39 is 33.2 Å². The summed E-state index contributed by atoms with van der Waals surface area (Å²) in [6, 6.07) is 30.1. The smallest absolute Gasteiger partial charge is 0.416 e. The van der Waals surface area contributed by atoms with Gasteiger partial charge in [-0.15, -0.1) is 0 Å². The van der Waals surface area contributed by atoms with Gasteiger partial charge < -0.3 is 10.1 Å². The summed E-state index contributed by atoms with van der Waals surface area (Å²) in [5.41, 5.74) is 5.03. The average molecular weight is 743 g/mol. The minimum atomic E-state index is -4.37. The number of nitrogens with zero attached hydrogens (tertiary/aromatic N) is 4. The summed E-state index contributed by atoms with van der Waals surface area (Å²) in [6.45, 7) is 6.09. The molecule has 278 valence electrons. The molecule has 0 saturated carbocycles. The highest BCUT2D eigenvalue weighted by Gasteiger charge is 2.52. The van der Waals surface area contributed by atoms with Crippen molar-refractivity contribution in [2.75, 3.05) is 16.8 Å². The van der Waals surface area contributed by atoms with Crippen LogP contribution in [0.3, 0.4) is 0 Å². The maximum Gasteiger partial charge on any atom is 0.416 e. The summed E-state index contributed by atoms with van der Waals surface area (Å²) < 4.78 is 35.1. The molecule has 10 nitrogen and oxygen atoms in total. The van der Waals surface area contributed by atoms with E-state index >= 15 is 9.00 Å². The van der Waals surface area contributed by atoms with Crippen molar-refractivity contribution < 1.29 is 18.5 Å². The van der Waals surface area contributed by atoms with Gasteiger partial charge in [0, 0.05) is 18.8 Å². The third kappa shape index (κ3) is 6.04. The molecule has 4 aromatic carbocycles. The molecule has 1 aliphatic heterocycles. The molecule has 5 aromatic rings. The maximum absolute atomic E-state index is 16.2. The number of aryl methyl sites for hydroxylation is 3. The van der Waals surface area contributed by atoms with E-state index in [1.807, 2.05) is 91.0 Å². The van der Waals surface area contributed by atoms with Crippen LogP contribution in [0.5, 0.6) is 0 Å². The van der Waals surface area contributed by atoms with E-state index in [1.54, 1.807) is 25.5 Å². The van der Waals surface area contributed by atoms with E-state index in [1.165, 1.54) is 26.5 Å². The molecule has 0 fully saturated rings. The molecule has 1 unspecified atom stereocenters. The van der Waals surface area contributed by atoms with Crippen LogP contribution in [0.15, 0.2) is 108 Å². The van der Waals surface area contributed by atoms with Gasteiger partial charge in [-0.2, -0.15) is 5.10 Å². The van der Waals surface area contributed by atoms with Crippen molar-refractivity contribution in [3.8, 4) is 0 Å². The third-order valence-corrected chi connectivity index (χ3v) is 12.6. The SMILES string of the molecule is CC(C)(C)OC(=O)N1CCCn2ncc(S(=N)(=O)N(C(=O)Nc3c4c(cc5c3CCC5)CCC4)C(c3ccccc3)(c3ccccc3)c3ccccc3)c21. The van der Waals surface area contributed by atoms with Crippen LogP contribution in [0.4, 0.5) is 21.1 Å². The fourth-order valence-electron chi connectivity index (χ4n) is 8.55. The van der Waals surface area contributed by atoms with Crippen LogP contribution in [0.2, 0.25) is 0 Å². The molecule has 3 amide bonds. The number of fused-ring (bicyclic) bond motifs is 3. The van der Waals surface area contributed by atoms with E-state index in [0.717, 1.165) is 55.3 Å². The van der Waals surface area contributed by atoms with Gasteiger partial charge in [0.1, 0.15) is 16.0 Å². The number of carbonyl (C=O) groups is 2. The van der Waals surface area contributed by atoms with Crippen LogP contribution < -0.4 is 10.2 Å². The lowest BCUT2D eigenvalue weighted by molar-refractivity contribution is 0.0571. The van der Waals surface area contributed by atoms with Crippen LogP contribution in [0, 0.1) is 4.78 Å². The van der Waals surface area contributed by atoms with Gasteiger partial charge in [-0.25, -0.2) is 27.6 Å². The molecule has 2 aliphatic carbocycles. The van der Waals surface area contributed by atoms with Gasteiger partial charge in [-0.1, -0.05) is 97.1 Å².